The molecule has 0 radical (unpaired) electrons. The summed E-state index contributed by atoms with van der Waals surface area (Å²) in [7, 11) is 0. The molecule has 1 aliphatic rings. The largest absolute Gasteiger partial charge is 0.340 e. The highest BCUT2D eigenvalue weighted by Crippen LogP contribution is 2.27. The van der Waals surface area contributed by atoms with Crippen molar-refractivity contribution in [3.8, 4) is 0 Å². The summed E-state index contributed by atoms with van der Waals surface area (Å²) < 4.78 is 0. The molecule has 1 saturated carbocycles. The van der Waals surface area contributed by atoms with Crippen LogP contribution in [-0.4, -0.2) is 29.9 Å². The van der Waals surface area contributed by atoms with E-state index in [2.05, 4.69) is 11.8 Å². The number of hydrogen-bond acceptors (Lipinski definition) is 2. The number of rotatable bonds is 8. The highest BCUT2D eigenvalue weighted by atomic mass is 16.2. The van der Waals surface area contributed by atoms with Crippen LogP contribution in [0.5, 0.6) is 0 Å². The Balaban J connectivity index is 2.17. The maximum atomic E-state index is 11.9. The third-order valence-corrected chi connectivity index (χ3v) is 2.87. The van der Waals surface area contributed by atoms with Gasteiger partial charge >= 0.3 is 0 Å². The fourth-order valence-corrected chi connectivity index (χ4v) is 1.88. The lowest BCUT2D eigenvalue weighted by Crippen LogP contribution is -2.33. The smallest absolute Gasteiger partial charge is 0.222 e. The van der Waals surface area contributed by atoms with E-state index in [4.69, 9.17) is 5.73 Å². The van der Waals surface area contributed by atoms with Crippen LogP contribution in [0.4, 0.5) is 0 Å². The van der Waals surface area contributed by atoms with Crippen LogP contribution in [0.3, 0.4) is 0 Å². The quantitative estimate of drug-likeness (QED) is 0.625. The Morgan fingerprint density at radius 2 is 2.07 bits per heavy atom. The second-order valence-electron chi connectivity index (χ2n) is 4.42. The lowest BCUT2D eigenvalue weighted by Gasteiger charge is -2.21. The van der Waals surface area contributed by atoms with Gasteiger partial charge in [0, 0.05) is 19.0 Å². The number of carbonyl (C=O) groups is 1. The molecule has 0 atom stereocenters. The number of amides is 1. The van der Waals surface area contributed by atoms with Crippen molar-refractivity contribution in [1.82, 2.24) is 4.90 Å². The molecule has 88 valence electrons. The van der Waals surface area contributed by atoms with E-state index in [9.17, 15) is 4.79 Å². The van der Waals surface area contributed by atoms with Crippen LogP contribution in [0.15, 0.2) is 0 Å². The van der Waals surface area contributed by atoms with Crippen molar-refractivity contribution in [2.24, 2.45) is 5.73 Å². The molecule has 0 spiro atoms. The van der Waals surface area contributed by atoms with Crippen LogP contribution in [0.25, 0.3) is 0 Å². The van der Waals surface area contributed by atoms with E-state index in [1.54, 1.807) is 0 Å². The maximum Gasteiger partial charge on any atom is 0.222 e. The van der Waals surface area contributed by atoms with Crippen LogP contribution >= 0.6 is 0 Å². The molecule has 1 rings (SSSR count). The van der Waals surface area contributed by atoms with Crippen molar-refractivity contribution in [3.63, 3.8) is 0 Å². The predicted molar refractivity (Wildman–Crippen MR) is 62.5 cm³/mol. The molecule has 1 amide bonds. The zero-order valence-electron chi connectivity index (χ0n) is 9.87. The van der Waals surface area contributed by atoms with Crippen molar-refractivity contribution in [2.75, 3.05) is 13.1 Å². The molecule has 0 saturated heterocycles. The summed E-state index contributed by atoms with van der Waals surface area (Å²) in [5.74, 6) is 0.358. The first-order valence-electron chi connectivity index (χ1n) is 6.29. The molecule has 0 unspecified atom stereocenters. The number of hydrogen-bond donors (Lipinski definition) is 1. The SMILES string of the molecule is CCCN(C(=O)CCCCCN)C1CC1. The standard InChI is InChI=1S/C12H24N2O/c1-2-10-14(11-7-8-11)12(15)6-4-3-5-9-13/h11H,2-10,13H2,1H3. The topological polar surface area (TPSA) is 46.3 Å². The summed E-state index contributed by atoms with van der Waals surface area (Å²) in [6, 6.07) is 0.576. The molecule has 15 heavy (non-hydrogen) atoms. The first-order chi connectivity index (χ1) is 7.29. The minimum Gasteiger partial charge on any atom is -0.340 e. The predicted octanol–water partition coefficient (Wildman–Crippen LogP) is 1.91. The van der Waals surface area contributed by atoms with Gasteiger partial charge in [0.2, 0.25) is 5.91 Å². The summed E-state index contributed by atoms with van der Waals surface area (Å²) >= 11 is 0. The second kappa shape index (κ2) is 6.83. The van der Waals surface area contributed by atoms with Gasteiger partial charge in [-0.2, -0.15) is 0 Å². The van der Waals surface area contributed by atoms with Crippen molar-refractivity contribution in [3.05, 3.63) is 0 Å². The second-order valence-corrected chi connectivity index (χ2v) is 4.42. The van der Waals surface area contributed by atoms with E-state index < -0.39 is 0 Å². The van der Waals surface area contributed by atoms with Gasteiger partial charge in [0.1, 0.15) is 0 Å². The zero-order valence-corrected chi connectivity index (χ0v) is 9.87. The number of nitrogens with zero attached hydrogens (tertiary/aromatic N) is 1. The monoisotopic (exact) mass is 212 g/mol. The summed E-state index contributed by atoms with van der Waals surface area (Å²) in [6.45, 7) is 3.83. The van der Waals surface area contributed by atoms with Gasteiger partial charge in [0.05, 0.1) is 0 Å². The minimum absolute atomic E-state index is 0.358. The van der Waals surface area contributed by atoms with E-state index in [1.807, 2.05) is 0 Å². The van der Waals surface area contributed by atoms with Crippen LogP contribution in [-0.2, 0) is 4.79 Å². The van der Waals surface area contributed by atoms with Gasteiger partial charge in [-0.05, 0) is 38.6 Å². The average molecular weight is 212 g/mol. The normalized spacial score (nSPS) is 15.3. The lowest BCUT2D eigenvalue weighted by molar-refractivity contribution is -0.131. The molecule has 0 bridgehead atoms. The molecule has 0 aromatic carbocycles. The van der Waals surface area contributed by atoms with Gasteiger partial charge in [0.15, 0.2) is 0 Å². The third kappa shape index (κ3) is 4.65. The highest BCUT2D eigenvalue weighted by Gasteiger charge is 2.31. The van der Waals surface area contributed by atoms with Crippen molar-refractivity contribution >= 4 is 5.91 Å². The van der Waals surface area contributed by atoms with Crippen molar-refractivity contribution in [1.29, 1.82) is 0 Å². The summed E-state index contributed by atoms with van der Waals surface area (Å²) in [5, 5.41) is 0. The average Bonchev–Trinajstić information content (AvgIpc) is 3.04. The Kier molecular flexibility index (Phi) is 5.69. The van der Waals surface area contributed by atoms with Crippen LogP contribution < -0.4 is 5.73 Å². The van der Waals surface area contributed by atoms with Gasteiger partial charge in [-0.15, -0.1) is 0 Å². The minimum atomic E-state index is 0.358. The fourth-order valence-electron chi connectivity index (χ4n) is 1.88. The summed E-state index contributed by atoms with van der Waals surface area (Å²) in [6.07, 6.45) is 7.37. The summed E-state index contributed by atoms with van der Waals surface area (Å²) in [4.78, 5) is 14.0. The van der Waals surface area contributed by atoms with Gasteiger partial charge in [0.25, 0.3) is 0 Å². The number of nitrogens with two attached hydrogens (primary N) is 1. The Labute approximate surface area is 93.0 Å². The van der Waals surface area contributed by atoms with E-state index in [1.165, 1.54) is 12.8 Å². The molecule has 3 heteroatoms. The molecule has 1 aliphatic carbocycles. The summed E-state index contributed by atoms with van der Waals surface area (Å²) in [5.41, 5.74) is 5.42. The third-order valence-electron chi connectivity index (χ3n) is 2.87. The molecule has 1 fully saturated rings. The van der Waals surface area contributed by atoms with E-state index >= 15 is 0 Å². The van der Waals surface area contributed by atoms with Gasteiger partial charge in [-0.1, -0.05) is 13.3 Å². The van der Waals surface area contributed by atoms with E-state index in [0.29, 0.717) is 11.9 Å². The Morgan fingerprint density at radius 1 is 1.33 bits per heavy atom. The Morgan fingerprint density at radius 3 is 2.60 bits per heavy atom. The Hall–Kier alpha value is -0.570. The molecule has 0 aromatic heterocycles. The fraction of sp³-hybridized carbons (Fsp3) is 0.917. The first-order valence-corrected chi connectivity index (χ1v) is 6.29. The lowest BCUT2D eigenvalue weighted by atomic mass is 10.1. The molecular weight excluding hydrogens is 188 g/mol. The number of carbonyl (C=O) groups excluding carboxylic acids is 1. The van der Waals surface area contributed by atoms with Crippen molar-refractivity contribution < 1.29 is 4.79 Å². The van der Waals surface area contributed by atoms with Crippen LogP contribution in [0.1, 0.15) is 51.9 Å². The first kappa shape index (κ1) is 12.5. The number of unbranched alkanes of at least 4 members (excludes halogenated alkanes) is 2. The van der Waals surface area contributed by atoms with E-state index in [0.717, 1.165) is 45.2 Å². The van der Waals surface area contributed by atoms with Gasteiger partial charge < -0.3 is 10.6 Å². The van der Waals surface area contributed by atoms with Crippen LogP contribution in [0.2, 0.25) is 0 Å². The molecular formula is C12H24N2O. The van der Waals surface area contributed by atoms with Crippen LogP contribution in [0, 0.1) is 0 Å². The zero-order chi connectivity index (χ0) is 11.1. The maximum absolute atomic E-state index is 11.9. The molecule has 0 aliphatic heterocycles. The van der Waals surface area contributed by atoms with Crippen molar-refractivity contribution in [2.45, 2.75) is 57.9 Å². The molecule has 3 nitrogen and oxygen atoms in total. The highest BCUT2D eigenvalue weighted by molar-refractivity contribution is 5.76. The van der Waals surface area contributed by atoms with E-state index in [-0.39, 0.29) is 0 Å². The Bertz CT molecular complexity index is 190. The molecule has 2 N–H and O–H groups in total. The molecule has 0 aromatic rings. The van der Waals surface area contributed by atoms with Gasteiger partial charge in [-0.3, -0.25) is 4.79 Å². The molecule has 0 heterocycles. The van der Waals surface area contributed by atoms with Gasteiger partial charge in [-0.25, -0.2) is 0 Å².